The molecule has 4 aromatic rings. The maximum Gasteiger partial charge on any atom is 0.349 e. The number of carbonyl (C=O) groups excluding carboxylic acids is 1. The van der Waals surface area contributed by atoms with Gasteiger partial charge in [-0.05, 0) is 64.5 Å². The van der Waals surface area contributed by atoms with Crippen molar-refractivity contribution in [3.63, 3.8) is 0 Å². The number of halogens is 2. The number of H-pyrrole nitrogens is 1. The predicted octanol–water partition coefficient (Wildman–Crippen LogP) is 4.01. The molecule has 1 amide bonds. The van der Waals surface area contributed by atoms with Gasteiger partial charge in [-0.15, -0.1) is 4.68 Å². The Morgan fingerprint density at radius 1 is 1.14 bits per heavy atom. The van der Waals surface area contributed by atoms with Gasteiger partial charge >= 0.3 is 5.69 Å². The van der Waals surface area contributed by atoms with E-state index < -0.39 is 11.2 Å². The second-order valence-corrected chi connectivity index (χ2v) is 8.50. The van der Waals surface area contributed by atoms with Crippen LogP contribution in [-0.2, 0) is 4.79 Å². The molecule has 11 heteroatoms. The molecule has 3 aromatic carbocycles. The lowest BCUT2D eigenvalue weighted by Gasteiger charge is -2.13. The van der Waals surface area contributed by atoms with E-state index in [2.05, 4.69) is 31.3 Å². The zero-order valence-electron chi connectivity index (χ0n) is 18.2. The molecule has 9 nitrogen and oxygen atoms in total. The molecule has 0 aliphatic carbocycles. The minimum Gasteiger partial charge on any atom is -0.493 e. The summed E-state index contributed by atoms with van der Waals surface area (Å²) in [6, 6.07) is 16.6. The average molecular weight is 558 g/mol. The first-order valence-corrected chi connectivity index (χ1v) is 11.4. The highest BCUT2D eigenvalue weighted by molar-refractivity contribution is 9.10. The van der Waals surface area contributed by atoms with E-state index in [1.54, 1.807) is 60.7 Å². The molecule has 4 rings (SSSR count). The fourth-order valence-electron chi connectivity index (χ4n) is 3.17. The molecule has 0 saturated carbocycles. The number of ether oxygens (including phenoxy) is 2. The number of hydrogen-bond acceptors (Lipinski definition) is 6. The van der Waals surface area contributed by atoms with Crippen LogP contribution in [0.3, 0.4) is 0 Å². The molecule has 1 heterocycles. The van der Waals surface area contributed by atoms with E-state index in [1.807, 2.05) is 0 Å². The van der Waals surface area contributed by atoms with Crippen molar-refractivity contribution >= 4 is 56.2 Å². The van der Waals surface area contributed by atoms with Crippen LogP contribution in [0, 0.1) is 0 Å². The van der Waals surface area contributed by atoms with Crippen LogP contribution in [0.2, 0.25) is 5.02 Å². The lowest BCUT2D eigenvalue weighted by atomic mass is 10.2. The summed E-state index contributed by atoms with van der Waals surface area (Å²) in [5, 5.41) is 7.65. The summed E-state index contributed by atoms with van der Waals surface area (Å²) in [7, 11) is 1.45. The average Bonchev–Trinajstić information content (AvgIpc) is 2.85. The highest BCUT2D eigenvalue weighted by Gasteiger charge is 2.13. The number of benzene rings is 3. The summed E-state index contributed by atoms with van der Waals surface area (Å²) in [5.41, 5.74) is 0.314. The molecule has 0 spiro atoms. The molecule has 178 valence electrons. The van der Waals surface area contributed by atoms with Crippen LogP contribution >= 0.6 is 27.5 Å². The number of aromatic amines is 1. The van der Waals surface area contributed by atoms with Crippen LogP contribution in [0.1, 0.15) is 5.56 Å². The van der Waals surface area contributed by atoms with Gasteiger partial charge in [0.25, 0.3) is 11.5 Å². The van der Waals surface area contributed by atoms with Gasteiger partial charge in [0.15, 0.2) is 18.1 Å². The predicted molar refractivity (Wildman–Crippen MR) is 138 cm³/mol. The van der Waals surface area contributed by atoms with Gasteiger partial charge in [-0.2, -0.15) is 5.10 Å². The molecule has 0 fully saturated rings. The largest absolute Gasteiger partial charge is 0.493 e. The molecule has 35 heavy (non-hydrogen) atoms. The zero-order chi connectivity index (χ0) is 24.9. The van der Waals surface area contributed by atoms with Gasteiger partial charge in [0.2, 0.25) is 0 Å². The molecule has 0 radical (unpaired) electrons. The van der Waals surface area contributed by atoms with Gasteiger partial charge < -0.3 is 19.8 Å². The number of methoxy groups -OCH3 is 1. The van der Waals surface area contributed by atoms with Crippen molar-refractivity contribution in [1.82, 2.24) is 9.66 Å². The molecule has 0 atom stereocenters. The number of anilines is 1. The molecule has 0 aliphatic heterocycles. The zero-order valence-corrected chi connectivity index (χ0v) is 20.6. The minimum atomic E-state index is -0.667. The summed E-state index contributed by atoms with van der Waals surface area (Å²) in [6.07, 6.45) is 1.34. The van der Waals surface area contributed by atoms with E-state index >= 15 is 0 Å². The molecule has 0 aliphatic rings. The summed E-state index contributed by atoms with van der Waals surface area (Å²) >= 11 is 9.26. The first kappa shape index (κ1) is 24.2. The van der Waals surface area contributed by atoms with Gasteiger partial charge in [0.1, 0.15) is 0 Å². The van der Waals surface area contributed by atoms with Crippen molar-refractivity contribution in [3.05, 3.63) is 96.6 Å². The maximum absolute atomic E-state index is 12.7. The van der Waals surface area contributed by atoms with Crippen molar-refractivity contribution in [1.29, 1.82) is 0 Å². The Labute approximate surface area is 212 Å². The molecule has 0 bridgehead atoms. The topological polar surface area (TPSA) is 115 Å². The lowest BCUT2D eigenvalue weighted by molar-refractivity contribution is -0.118. The second kappa shape index (κ2) is 10.6. The molecule has 0 unspecified atom stereocenters. The van der Waals surface area contributed by atoms with Gasteiger partial charge in [-0.25, -0.2) is 4.79 Å². The van der Waals surface area contributed by atoms with Gasteiger partial charge in [0, 0.05) is 20.7 Å². The van der Waals surface area contributed by atoms with E-state index in [-0.39, 0.29) is 12.5 Å². The van der Waals surface area contributed by atoms with E-state index in [1.165, 1.54) is 13.3 Å². The molecule has 2 N–H and O–H groups in total. The third-order valence-electron chi connectivity index (χ3n) is 4.87. The number of para-hydroxylation sites is 1. The maximum atomic E-state index is 12.7. The number of nitrogens with one attached hydrogen (secondary N) is 2. The molecular formula is C24H18BrClN4O5. The highest BCUT2D eigenvalue weighted by Crippen LogP contribution is 2.33. The SMILES string of the molecule is COc1cc(C=Nn2c(=O)[nH]c3ccccc3c2=O)c(Br)cc1OCC(=O)Nc1ccc(Cl)cc1. The number of rotatable bonds is 7. The third-order valence-corrected chi connectivity index (χ3v) is 5.80. The Morgan fingerprint density at radius 2 is 1.89 bits per heavy atom. The van der Waals surface area contributed by atoms with Gasteiger partial charge in [-0.3, -0.25) is 9.59 Å². The standard InChI is InChI=1S/C24H18BrClN4O5/c1-34-20-10-14(12-27-30-23(32)17-4-2-3-5-19(17)29-24(30)33)18(25)11-21(20)35-13-22(31)28-16-8-6-15(26)7-9-16/h2-12H,13H2,1H3,(H,28,31)(H,29,33). The van der Waals surface area contributed by atoms with Gasteiger partial charge in [-0.1, -0.05) is 23.7 Å². The summed E-state index contributed by atoms with van der Waals surface area (Å²) < 4.78 is 12.3. The van der Waals surface area contributed by atoms with E-state index in [9.17, 15) is 14.4 Å². The van der Waals surface area contributed by atoms with Crippen molar-refractivity contribution in [3.8, 4) is 11.5 Å². The number of carbonyl (C=O) groups is 1. The normalized spacial score (nSPS) is 11.1. The third kappa shape index (κ3) is 5.61. The molecule has 1 aromatic heterocycles. The number of fused-ring (bicyclic) bond motifs is 1. The Balaban J connectivity index is 1.53. The first-order chi connectivity index (χ1) is 16.9. The van der Waals surface area contributed by atoms with E-state index in [0.29, 0.717) is 43.1 Å². The first-order valence-electron chi connectivity index (χ1n) is 10.2. The van der Waals surface area contributed by atoms with Crippen LogP contribution in [0.15, 0.2) is 79.8 Å². The fraction of sp³-hybridized carbons (Fsp3) is 0.0833. The van der Waals surface area contributed by atoms with Crippen molar-refractivity contribution in [2.45, 2.75) is 0 Å². The fourth-order valence-corrected chi connectivity index (χ4v) is 3.72. The number of hydrogen-bond donors (Lipinski definition) is 2. The van der Waals surface area contributed by atoms with Crippen LogP contribution in [0.5, 0.6) is 11.5 Å². The van der Waals surface area contributed by atoms with Crippen LogP contribution in [0.25, 0.3) is 10.9 Å². The highest BCUT2D eigenvalue weighted by atomic mass is 79.9. The van der Waals surface area contributed by atoms with Gasteiger partial charge in [0.05, 0.1) is 24.2 Å². The minimum absolute atomic E-state index is 0.263. The summed E-state index contributed by atoms with van der Waals surface area (Å²) in [4.78, 5) is 39.8. The second-order valence-electron chi connectivity index (χ2n) is 7.21. The van der Waals surface area contributed by atoms with E-state index in [0.717, 1.165) is 4.68 Å². The smallest absolute Gasteiger partial charge is 0.349 e. The lowest BCUT2D eigenvalue weighted by Crippen LogP contribution is -2.32. The van der Waals surface area contributed by atoms with E-state index in [4.69, 9.17) is 21.1 Å². The van der Waals surface area contributed by atoms with Crippen molar-refractivity contribution in [2.75, 3.05) is 19.0 Å². The van der Waals surface area contributed by atoms with Crippen molar-refractivity contribution in [2.24, 2.45) is 5.10 Å². The Morgan fingerprint density at radius 3 is 2.63 bits per heavy atom. The Kier molecular flexibility index (Phi) is 7.33. The van der Waals surface area contributed by atoms with Crippen LogP contribution < -0.4 is 26.0 Å². The van der Waals surface area contributed by atoms with Crippen LogP contribution in [0.4, 0.5) is 5.69 Å². The van der Waals surface area contributed by atoms with Crippen LogP contribution in [-0.4, -0.2) is 35.5 Å². The Bertz CT molecular complexity index is 1550. The number of aromatic nitrogens is 2. The number of amides is 1. The molecular weight excluding hydrogens is 540 g/mol. The Hall–Kier alpha value is -3.89. The van der Waals surface area contributed by atoms with Crippen molar-refractivity contribution < 1.29 is 14.3 Å². The monoisotopic (exact) mass is 556 g/mol. The summed E-state index contributed by atoms with van der Waals surface area (Å²) in [5.74, 6) is 0.267. The number of nitrogens with zero attached hydrogens (tertiary/aromatic N) is 2. The molecule has 0 saturated heterocycles. The summed E-state index contributed by atoms with van der Waals surface area (Å²) in [6.45, 7) is -0.263. The quantitative estimate of drug-likeness (QED) is 0.333.